The maximum absolute atomic E-state index is 12.6. The number of benzene rings is 2. The molecule has 2 aromatic rings. The van der Waals surface area contributed by atoms with Crippen molar-refractivity contribution in [3.8, 4) is 5.75 Å². The first-order valence-electron chi connectivity index (χ1n) is 7.81. The van der Waals surface area contributed by atoms with Crippen LogP contribution in [0, 0.1) is 15.4 Å². The summed E-state index contributed by atoms with van der Waals surface area (Å²) in [5.74, 6) is -2.52. The lowest BCUT2D eigenvalue weighted by atomic mass is 9.87. The molecule has 0 aliphatic rings. The number of carbonyl (C=O) groups excluding carboxylic acids is 2. The van der Waals surface area contributed by atoms with E-state index in [1.54, 1.807) is 31.4 Å². The third kappa shape index (κ3) is 5.45. The Bertz CT molecular complexity index is 728. The summed E-state index contributed by atoms with van der Waals surface area (Å²) < 4.78 is 6.16. The van der Waals surface area contributed by atoms with Gasteiger partial charge < -0.3 is 20.0 Å². The van der Waals surface area contributed by atoms with Crippen molar-refractivity contribution in [1.82, 2.24) is 0 Å². The van der Waals surface area contributed by atoms with E-state index in [4.69, 9.17) is 4.74 Å². The van der Waals surface area contributed by atoms with Gasteiger partial charge in [-0.3, -0.25) is 4.79 Å². The van der Waals surface area contributed by atoms with Gasteiger partial charge in [-0.15, -0.1) is 0 Å². The molecule has 0 fully saturated rings. The fraction of sp³-hybridized carbons (Fsp3) is 0.263. The van der Waals surface area contributed by atoms with Crippen molar-refractivity contribution >= 4 is 40.2 Å². The number of halogens is 1. The highest BCUT2D eigenvalue weighted by atomic mass is 127. The van der Waals surface area contributed by atoms with Crippen LogP contribution < -0.4 is 15.2 Å². The average Bonchev–Trinajstić information content (AvgIpc) is 2.61. The summed E-state index contributed by atoms with van der Waals surface area (Å²) in [6, 6.07) is 14.5. The van der Waals surface area contributed by atoms with Crippen molar-refractivity contribution in [3.05, 3.63) is 57.7 Å². The van der Waals surface area contributed by atoms with E-state index in [1.807, 2.05) is 24.3 Å². The van der Waals surface area contributed by atoms with Crippen molar-refractivity contribution in [2.45, 2.75) is 13.3 Å². The Morgan fingerprint density at radius 2 is 1.72 bits per heavy atom. The number of carbonyl (C=O) groups is 2. The smallest absolute Gasteiger partial charge is 0.228 e. The van der Waals surface area contributed by atoms with E-state index in [2.05, 4.69) is 27.9 Å². The first kappa shape index (κ1) is 19.2. The second-order valence-electron chi connectivity index (χ2n) is 5.76. The van der Waals surface area contributed by atoms with Crippen molar-refractivity contribution < 1.29 is 19.4 Å². The van der Waals surface area contributed by atoms with Gasteiger partial charge >= 0.3 is 0 Å². The highest BCUT2D eigenvalue weighted by Gasteiger charge is 2.26. The van der Waals surface area contributed by atoms with E-state index in [-0.39, 0.29) is 5.91 Å². The van der Waals surface area contributed by atoms with E-state index in [9.17, 15) is 14.7 Å². The molecule has 0 saturated heterocycles. The summed E-state index contributed by atoms with van der Waals surface area (Å²) in [5, 5.41) is 14.1. The lowest BCUT2D eigenvalue weighted by molar-refractivity contribution is -0.312. The first-order chi connectivity index (χ1) is 11.9. The Hall–Kier alpha value is -2.09. The van der Waals surface area contributed by atoms with Crippen LogP contribution in [0.2, 0.25) is 0 Å². The molecule has 0 heterocycles. The first-order valence-corrected chi connectivity index (χ1v) is 8.89. The predicted octanol–water partition coefficient (Wildman–Crippen LogP) is 2.48. The average molecular weight is 452 g/mol. The minimum atomic E-state index is -1.24. The third-order valence-electron chi connectivity index (χ3n) is 4.04. The van der Waals surface area contributed by atoms with Crippen LogP contribution in [0.25, 0.3) is 0 Å². The zero-order chi connectivity index (χ0) is 18.4. The highest BCUT2D eigenvalue weighted by molar-refractivity contribution is 14.1. The van der Waals surface area contributed by atoms with Crippen LogP contribution in [0.5, 0.6) is 5.75 Å². The van der Waals surface area contributed by atoms with Crippen LogP contribution in [0.15, 0.2) is 48.5 Å². The standard InChI is InChI=1S/C19H20INO4/c1-12(19(23)24)17(11-13-3-9-16(25-2)10-4-13)18(22)21-15-7-5-14(20)6-8-15/h3-10,12,17H,11H2,1-2H3,(H,21,22)(H,23,24)/p-1/t12-,17-/m0/s1. The number of methoxy groups -OCH3 is 1. The molecule has 0 aliphatic carbocycles. The SMILES string of the molecule is COc1ccc(C[C@H](C(=O)Nc2ccc(I)cc2)[C@H](C)C(=O)[O-])cc1. The molecule has 2 atom stereocenters. The van der Waals surface area contributed by atoms with Gasteiger partial charge in [0.25, 0.3) is 0 Å². The largest absolute Gasteiger partial charge is 0.550 e. The number of anilines is 1. The molecular weight excluding hydrogens is 433 g/mol. The summed E-state index contributed by atoms with van der Waals surface area (Å²) >= 11 is 2.17. The number of ether oxygens (including phenoxy) is 1. The zero-order valence-electron chi connectivity index (χ0n) is 14.0. The number of nitrogens with one attached hydrogen (secondary N) is 1. The number of hydrogen-bond acceptors (Lipinski definition) is 4. The number of amides is 1. The molecule has 1 amide bonds. The van der Waals surface area contributed by atoms with E-state index >= 15 is 0 Å². The van der Waals surface area contributed by atoms with Gasteiger partial charge in [0.1, 0.15) is 5.75 Å². The van der Waals surface area contributed by atoms with Gasteiger partial charge in [-0.25, -0.2) is 0 Å². The molecular formula is C19H19INO4-. The van der Waals surface area contributed by atoms with Crippen LogP contribution in [0.1, 0.15) is 12.5 Å². The minimum absolute atomic E-state index is 0.301. The quantitative estimate of drug-likeness (QED) is 0.655. The molecule has 0 spiro atoms. The molecule has 0 saturated carbocycles. The van der Waals surface area contributed by atoms with Gasteiger partial charge in [0.2, 0.25) is 5.91 Å². The van der Waals surface area contributed by atoms with Crippen LogP contribution in [-0.2, 0) is 16.0 Å². The van der Waals surface area contributed by atoms with Gasteiger partial charge in [0.05, 0.1) is 13.0 Å². The molecule has 25 heavy (non-hydrogen) atoms. The van der Waals surface area contributed by atoms with Crippen LogP contribution in [-0.4, -0.2) is 19.0 Å². The van der Waals surface area contributed by atoms with E-state index in [0.29, 0.717) is 17.9 Å². The summed E-state index contributed by atoms with van der Waals surface area (Å²) in [5.41, 5.74) is 1.49. The summed E-state index contributed by atoms with van der Waals surface area (Å²) in [4.78, 5) is 24.0. The molecule has 0 aromatic heterocycles. The number of hydrogen-bond donors (Lipinski definition) is 1. The van der Waals surface area contributed by atoms with Crippen LogP contribution in [0.4, 0.5) is 5.69 Å². The Morgan fingerprint density at radius 1 is 1.12 bits per heavy atom. The van der Waals surface area contributed by atoms with Gasteiger partial charge in [-0.2, -0.15) is 0 Å². The number of aliphatic carboxylic acids is 1. The fourth-order valence-electron chi connectivity index (χ4n) is 2.44. The molecule has 5 nitrogen and oxygen atoms in total. The van der Waals surface area contributed by atoms with Crippen molar-refractivity contribution in [1.29, 1.82) is 0 Å². The lowest BCUT2D eigenvalue weighted by Crippen LogP contribution is -2.40. The molecule has 0 aliphatic heterocycles. The lowest BCUT2D eigenvalue weighted by Gasteiger charge is -2.24. The molecule has 6 heteroatoms. The maximum atomic E-state index is 12.6. The normalized spacial score (nSPS) is 12.9. The van der Waals surface area contributed by atoms with E-state index in [1.165, 1.54) is 6.92 Å². The Kier molecular flexibility index (Phi) is 6.81. The molecule has 132 valence electrons. The zero-order valence-corrected chi connectivity index (χ0v) is 16.1. The molecule has 1 N–H and O–H groups in total. The molecule has 2 aromatic carbocycles. The second-order valence-corrected chi connectivity index (χ2v) is 7.01. The minimum Gasteiger partial charge on any atom is -0.550 e. The van der Waals surface area contributed by atoms with Crippen LogP contribution >= 0.6 is 22.6 Å². The van der Waals surface area contributed by atoms with E-state index in [0.717, 1.165) is 9.13 Å². The maximum Gasteiger partial charge on any atom is 0.228 e. The number of carboxylic acids is 1. The number of carboxylic acid groups (broad SMARTS) is 1. The monoisotopic (exact) mass is 452 g/mol. The summed E-state index contributed by atoms with van der Waals surface area (Å²) in [6.07, 6.45) is 0.301. The topological polar surface area (TPSA) is 78.5 Å². The summed E-state index contributed by atoms with van der Waals surface area (Å²) in [7, 11) is 1.57. The second kappa shape index (κ2) is 8.84. The molecule has 2 rings (SSSR count). The van der Waals surface area contributed by atoms with Crippen LogP contribution in [0.3, 0.4) is 0 Å². The van der Waals surface area contributed by atoms with E-state index < -0.39 is 17.8 Å². The Morgan fingerprint density at radius 3 is 2.24 bits per heavy atom. The number of rotatable bonds is 7. The molecule has 0 unspecified atom stereocenters. The Balaban J connectivity index is 2.17. The third-order valence-corrected chi connectivity index (χ3v) is 4.76. The van der Waals surface area contributed by atoms with Crippen molar-refractivity contribution in [3.63, 3.8) is 0 Å². The van der Waals surface area contributed by atoms with Gasteiger partial charge in [0.15, 0.2) is 0 Å². The predicted molar refractivity (Wildman–Crippen MR) is 102 cm³/mol. The fourth-order valence-corrected chi connectivity index (χ4v) is 2.80. The van der Waals surface area contributed by atoms with Crippen molar-refractivity contribution in [2.24, 2.45) is 11.8 Å². The highest BCUT2D eigenvalue weighted by Crippen LogP contribution is 2.22. The van der Waals surface area contributed by atoms with Gasteiger partial charge in [-0.1, -0.05) is 19.1 Å². The van der Waals surface area contributed by atoms with Gasteiger partial charge in [0, 0.05) is 21.1 Å². The molecule has 0 radical (unpaired) electrons. The summed E-state index contributed by atoms with van der Waals surface area (Å²) in [6.45, 7) is 1.50. The molecule has 0 bridgehead atoms. The Labute approximate surface area is 160 Å². The van der Waals surface area contributed by atoms with Gasteiger partial charge in [-0.05, 0) is 71.0 Å². The van der Waals surface area contributed by atoms with Crippen molar-refractivity contribution in [2.75, 3.05) is 12.4 Å².